The highest BCUT2D eigenvalue weighted by Gasteiger charge is 2.46. The first-order valence-corrected chi connectivity index (χ1v) is 12.1. The number of ether oxygens (including phenoxy) is 5. The molecule has 184 valence electrons. The average Bonchev–Trinajstić information content (AvgIpc) is 2.65. The Morgan fingerprint density at radius 2 is 1.00 bits per heavy atom. The first kappa shape index (κ1) is 30.0. The molecule has 0 amide bonds. The number of esters is 5. The largest absolute Gasteiger partial charge is 0.462 e. The van der Waals surface area contributed by atoms with Gasteiger partial charge in [-0.1, -0.05) is 13.8 Å². The summed E-state index contributed by atoms with van der Waals surface area (Å²) >= 11 is 2.89. The summed E-state index contributed by atoms with van der Waals surface area (Å²) in [5.41, 5.74) is 0. The third-order valence-electron chi connectivity index (χ3n) is 3.62. The molecule has 0 aromatic carbocycles. The fraction of sp³-hybridized carbons (Fsp3) is 0.750. The Balaban J connectivity index is 6.51. The lowest BCUT2D eigenvalue weighted by Crippen LogP contribution is -2.55. The Hall–Kier alpha value is -1.95. The van der Waals surface area contributed by atoms with Gasteiger partial charge in [-0.3, -0.25) is 24.0 Å². The molecule has 0 rings (SSSR count). The lowest BCUT2D eigenvalue weighted by atomic mass is 10.0. The molecule has 0 aliphatic rings. The molecule has 32 heavy (non-hydrogen) atoms. The monoisotopic (exact) mass is 496 g/mol. The highest BCUT2D eigenvalue weighted by Crippen LogP contribution is 2.33. The zero-order chi connectivity index (χ0) is 24.8. The van der Waals surface area contributed by atoms with Crippen LogP contribution in [0.15, 0.2) is 0 Å². The van der Waals surface area contributed by atoms with Gasteiger partial charge in [0.1, 0.15) is 6.61 Å². The number of carbonyl (C=O) groups excluding carboxylic acids is 5. The van der Waals surface area contributed by atoms with Crippen molar-refractivity contribution in [3.8, 4) is 0 Å². The van der Waals surface area contributed by atoms with E-state index in [2.05, 4.69) is 0 Å². The molecule has 0 unspecified atom stereocenters. The van der Waals surface area contributed by atoms with Gasteiger partial charge in [0.15, 0.2) is 24.4 Å². The highest BCUT2D eigenvalue weighted by atomic mass is 32.2. The van der Waals surface area contributed by atoms with Crippen LogP contribution in [0.3, 0.4) is 0 Å². The van der Waals surface area contributed by atoms with Gasteiger partial charge in [0, 0.05) is 34.6 Å². The van der Waals surface area contributed by atoms with Crippen molar-refractivity contribution in [3.63, 3.8) is 0 Å². The van der Waals surface area contributed by atoms with Crippen LogP contribution >= 0.6 is 23.5 Å². The fourth-order valence-corrected chi connectivity index (χ4v) is 5.36. The van der Waals surface area contributed by atoms with Gasteiger partial charge in [0.25, 0.3) is 0 Å². The minimum Gasteiger partial charge on any atom is -0.462 e. The molecular weight excluding hydrogens is 464 g/mol. The van der Waals surface area contributed by atoms with E-state index in [9.17, 15) is 24.0 Å². The second-order valence-electron chi connectivity index (χ2n) is 6.45. The molecule has 4 atom stereocenters. The minimum atomic E-state index is -1.42. The van der Waals surface area contributed by atoms with Crippen LogP contribution in [0.1, 0.15) is 48.5 Å². The van der Waals surface area contributed by atoms with E-state index < -0.39 is 65.5 Å². The maximum absolute atomic E-state index is 12.0. The van der Waals surface area contributed by atoms with Crippen molar-refractivity contribution < 1.29 is 47.7 Å². The topological polar surface area (TPSA) is 132 Å². The summed E-state index contributed by atoms with van der Waals surface area (Å²) in [6.07, 6.45) is -5.14. The Labute approximate surface area is 196 Å². The summed E-state index contributed by atoms with van der Waals surface area (Å²) in [6, 6.07) is 0. The molecule has 0 heterocycles. The lowest BCUT2D eigenvalue weighted by Gasteiger charge is -2.37. The maximum atomic E-state index is 12.0. The zero-order valence-corrected chi connectivity index (χ0v) is 21.0. The van der Waals surface area contributed by atoms with E-state index in [0.29, 0.717) is 11.5 Å². The normalized spacial score (nSPS) is 14.5. The van der Waals surface area contributed by atoms with E-state index in [0.717, 1.165) is 27.7 Å². The number of hydrogen-bond acceptors (Lipinski definition) is 12. The third kappa shape index (κ3) is 12.2. The SMILES string of the molecule is CCSC(SCC)[C@H](OC(C)=O)[C@H](OC(C)=O)[C@H](OC(C)=O)[C@@H](COC(C)=O)OC(C)=O. The predicted molar refractivity (Wildman–Crippen MR) is 119 cm³/mol. The lowest BCUT2D eigenvalue weighted by molar-refractivity contribution is -0.201. The van der Waals surface area contributed by atoms with E-state index in [-0.39, 0.29) is 0 Å². The van der Waals surface area contributed by atoms with E-state index in [4.69, 9.17) is 23.7 Å². The van der Waals surface area contributed by atoms with Crippen LogP contribution in [0.5, 0.6) is 0 Å². The number of thioether (sulfide) groups is 2. The van der Waals surface area contributed by atoms with Gasteiger partial charge < -0.3 is 23.7 Å². The molecule has 0 saturated carbocycles. The van der Waals surface area contributed by atoms with Gasteiger partial charge in [0.05, 0.1) is 4.58 Å². The van der Waals surface area contributed by atoms with Crippen LogP contribution in [0, 0.1) is 0 Å². The van der Waals surface area contributed by atoms with Crippen molar-refractivity contribution in [3.05, 3.63) is 0 Å². The number of carbonyl (C=O) groups is 5. The smallest absolute Gasteiger partial charge is 0.303 e. The minimum absolute atomic E-state index is 0.400. The van der Waals surface area contributed by atoms with Gasteiger partial charge in [-0.15, -0.1) is 23.5 Å². The second-order valence-corrected chi connectivity index (χ2v) is 9.59. The Kier molecular flexibility index (Phi) is 14.8. The van der Waals surface area contributed by atoms with Gasteiger partial charge in [-0.25, -0.2) is 0 Å². The quantitative estimate of drug-likeness (QED) is 0.198. The zero-order valence-electron chi connectivity index (χ0n) is 19.4. The highest BCUT2D eigenvalue weighted by molar-refractivity contribution is 8.17. The summed E-state index contributed by atoms with van der Waals surface area (Å²) in [5.74, 6) is -2.24. The molecule has 12 heteroatoms. The van der Waals surface area contributed by atoms with Crippen LogP contribution in [-0.4, -0.2) is 77.0 Å². The Morgan fingerprint density at radius 1 is 0.594 bits per heavy atom. The molecule has 10 nitrogen and oxygen atoms in total. The summed E-state index contributed by atoms with van der Waals surface area (Å²) in [7, 11) is 0. The Bertz CT molecular complexity index is 648. The van der Waals surface area contributed by atoms with Gasteiger partial charge in [-0.05, 0) is 11.5 Å². The third-order valence-corrected chi connectivity index (χ3v) is 6.30. The summed E-state index contributed by atoms with van der Waals surface area (Å²) in [4.78, 5) is 58.9. The summed E-state index contributed by atoms with van der Waals surface area (Å²) < 4.78 is 26.2. The molecule has 0 aromatic rings. The molecule has 0 spiro atoms. The molecule has 0 fully saturated rings. The van der Waals surface area contributed by atoms with Crippen molar-refractivity contribution in [1.29, 1.82) is 0 Å². The Morgan fingerprint density at radius 3 is 1.38 bits per heavy atom. The molecule has 0 aliphatic carbocycles. The van der Waals surface area contributed by atoms with Crippen molar-refractivity contribution in [2.45, 2.75) is 77.5 Å². The van der Waals surface area contributed by atoms with E-state index >= 15 is 0 Å². The van der Waals surface area contributed by atoms with Crippen LogP contribution in [0.4, 0.5) is 0 Å². The van der Waals surface area contributed by atoms with Crippen LogP contribution in [0.2, 0.25) is 0 Å². The van der Waals surface area contributed by atoms with Crippen LogP contribution < -0.4 is 0 Å². The standard InChI is InChI=1S/C20H32O10S2/c1-8-31-20(32-9-2)19(30-15(7)25)18(29-14(6)24)17(28-13(5)23)16(27-12(4)22)10-26-11(3)21/h16-20H,8-10H2,1-7H3/t16-,17-,18-,19-/m1/s1. The number of rotatable bonds is 14. The molecule has 0 bridgehead atoms. The molecule has 0 aliphatic heterocycles. The fourth-order valence-electron chi connectivity index (χ4n) is 2.70. The molecule has 0 aromatic heterocycles. The first-order valence-electron chi connectivity index (χ1n) is 9.98. The van der Waals surface area contributed by atoms with Gasteiger partial charge in [-0.2, -0.15) is 0 Å². The molecule has 0 radical (unpaired) electrons. The second kappa shape index (κ2) is 15.8. The van der Waals surface area contributed by atoms with Gasteiger partial charge >= 0.3 is 29.8 Å². The molecule has 0 saturated heterocycles. The van der Waals surface area contributed by atoms with Crippen LogP contribution in [0.25, 0.3) is 0 Å². The maximum Gasteiger partial charge on any atom is 0.303 e. The van der Waals surface area contributed by atoms with E-state index in [1.165, 1.54) is 30.4 Å². The van der Waals surface area contributed by atoms with Crippen molar-refractivity contribution in [1.82, 2.24) is 0 Å². The van der Waals surface area contributed by atoms with Gasteiger partial charge in [0.2, 0.25) is 0 Å². The van der Waals surface area contributed by atoms with E-state index in [1.54, 1.807) is 0 Å². The van der Waals surface area contributed by atoms with Crippen molar-refractivity contribution in [2.24, 2.45) is 0 Å². The average molecular weight is 497 g/mol. The summed E-state index contributed by atoms with van der Waals surface area (Å²) in [5, 5.41) is 0. The predicted octanol–water partition coefficient (Wildman–Crippen LogP) is 2.11. The first-order chi connectivity index (χ1) is 14.9. The van der Waals surface area contributed by atoms with E-state index in [1.807, 2.05) is 13.8 Å². The van der Waals surface area contributed by atoms with Crippen molar-refractivity contribution in [2.75, 3.05) is 18.1 Å². The molecule has 0 N–H and O–H groups in total. The van der Waals surface area contributed by atoms with Crippen LogP contribution in [-0.2, 0) is 47.7 Å². The summed E-state index contributed by atoms with van der Waals surface area (Å²) in [6.45, 7) is 9.09. The molecular formula is C20H32O10S2. The number of hydrogen-bond donors (Lipinski definition) is 0. The van der Waals surface area contributed by atoms with Crippen molar-refractivity contribution >= 4 is 53.4 Å².